The van der Waals surface area contributed by atoms with E-state index < -0.39 is 17.1 Å². The van der Waals surface area contributed by atoms with Gasteiger partial charge in [-0.2, -0.15) is 0 Å². The number of H-pyrrole nitrogens is 1. The van der Waals surface area contributed by atoms with Crippen molar-refractivity contribution in [3.63, 3.8) is 0 Å². The summed E-state index contributed by atoms with van der Waals surface area (Å²) < 4.78 is 11.4. The third kappa shape index (κ3) is 5.19. The van der Waals surface area contributed by atoms with Gasteiger partial charge in [-0.1, -0.05) is 58.5 Å². The summed E-state index contributed by atoms with van der Waals surface area (Å²) in [5.74, 6) is -1.71. The number of hydrogen-bond acceptors (Lipinski definition) is 8. The first-order valence-electron chi connectivity index (χ1n) is 12.9. The Morgan fingerprint density at radius 2 is 1.74 bits per heavy atom. The first-order chi connectivity index (χ1) is 20.2. The Hall–Kier alpha value is -4.06. The molecule has 2 aliphatic rings. The maximum absolute atomic E-state index is 13.9. The van der Waals surface area contributed by atoms with Crippen LogP contribution >= 0.6 is 34.7 Å². The maximum Gasteiger partial charge on any atom is 0.305 e. The summed E-state index contributed by atoms with van der Waals surface area (Å²) in [6.07, 6.45) is 0. The molecule has 4 aromatic rings. The molecule has 0 bridgehead atoms. The number of aryl methyl sites for hydroxylation is 1. The fourth-order valence-corrected chi connectivity index (χ4v) is 7.84. The molecule has 12 heteroatoms. The largest absolute Gasteiger partial charge is 0.493 e. The third-order valence-electron chi connectivity index (χ3n) is 7.15. The number of rotatable bonds is 7. The Kier molecular flexibility index (Phi) is 7.56. The van der Waals surface area contributed by atoms with Crippen molar-refractivity contribution < 1.29 is 23.9 Å². The zero-order valence-electron chi connectivity index (χ0n) is 22.4. The van der Waals surface area contributed by atoms with Crippen LogP contribution in [0.25, 0.3) is 0 Å². The third-order valence-corrected chi connectivity index (χ3v) is 9.80. The Labute approximate surface area is 253 Å². The predicted octanol–water partition coefficient (Wildman–Crippen LogP) is 5.22. The normalized spacial score (nSPS) is 19.3. The Balaban J connectivity index is 1.29. The number of aromatic amines is 1. The molecule has 2 aliphatic heterocycles. The van der Waals surface area contributed by atoms with E-state index in [2.05, 4.69) is 10.3 Å². The van der Waals surface area contributed by atoms with Crippen LogP contribution in [0.5, 0.6) is 11.5 Å². The molecule has 3 atom stereocenters. The van der Waals surface area contributed by atoms with Crippen LogP contribution in [0.4, 0.5) is 11.4 Å². The van der Waals surface area contributed by atoms with E-state index >= 15 is 0 Å². The number of methoxy groups -OCH3 is 1. The second-order valence-corrected chi connectivity index (χ2v) is 12.5. The van der Waals surface area contributed by atoms with E-state index in [1.807, 2.05) is 31.2 Å². The predicted molar refractivity (Wildman–Crippen MR) is 162 cm³/mol. The van der Waals surface area contributed by atoms with E-state index in [9.17, 15) is 19.2 Å². The number of anilines is 2. The van der Waals surface area contributed by atoms with Gasteiger partial charge in [-0.3, -0.25) is 19.2 Å². The Bertz CT molecular complexity index is 1750. The van der Waals surface area contributed by atoms with Crippen LogP contribution in [0.1, 0.15) is 21.9 Å². The van der Waals surface area contributed by atoms with Gasteiger partial charge < -0.3 is 19.8 Å². The highest BCUT2D eigenvalue weighted by Gasteiger charge is 2.56. The summed E-state index contributed by atoms with van der Waals surface area (Å²) in [5, 5.41) is 3.12. The van der Waals surface area contributed by atoms with Gasteiger partial charge in [-0.15, -0.1) is 0 Å². The number of thioether (sulfide) groups is 1. The van der Waals surface area contributed by atoms with Gasteiger partial charge in [0.1, 0.15) is 5.25 Å². The van der Waals surface area contributed by atoms with E-state index in [0.29, 0.717) is 43.4 Å². The van der Waals surface area contributed by atoms with Crippen LogP contribution in [0.2, 0.25) is 5.02 Å². The lowest BCUT2D eigenvalue weighted by Gasteiger charge is -2.30. The lowest BCUT2D eigenvalue weighted by molar-refractivity contribution is -0.122. The number of amides is 3. The highest BCUT2D eigenvalue weighted by molar-refractivity contribution is 8.00. The van der Waals surface area contributed by atoms with Crippen LogP contribution < -0.4 is 24.6 Å². The van der Waals surface area contributed by atoms with Crippen LogP contribution in [0.3, 0.4) is 0 Å². The number of aromatic nitrogens is 1. The molecular weight excluding hydrogens is 598 g/mol. The van der Waals surface area contributed by atoms with Crippen molar-refractivity contribution in [2.45, 2.75) is 23.1 Å². The van der Waals surface area contributed by atoms with E-state index in [1.165, 1.54) is 23.8 Å². The first-order valence-corrected chi connectivity index (χ1v) is 15.0. The van der Waals surface area contributed by atoms with Crippen molar-refractivity contribution in [2.24, 2.45) is 5.92 Å². The van der Waals surface area contributed by atoms with E-state index in [4.69, 9.17) is 21.1 Å². The van der Waals surface area contributed by atoms with Gasteiger partial charge in [0.05, 0.1) is 23.7 Å². The van der Waals surface area contributed by atoms with Gasteiger partial charge >= 0.3 is 4.87 Å². The molecule has 0 radical (unpaired) electrons. The second kappa shape index (κ2) is 11.3. The fraction of sp³-hybridized carbons (Fsp3) is 0.200. The lowest BCUT2D eigenvalue weighted by atomic mass is 9.83. The molecule has 3 amide bonds. The van der Waals surface area contributed by atoms with Crippen LogP contribution in [0.15, 0.2) is 76.6 Å². The molecule has 1 aromatic heterocycles. The molecule has 0 aliphatic carbocycles. The van der Waals surface area contributed by atoms with Crippen LogP contribution in [-0.2, 0) is 14.4 Å². The average molecular weight is 622 g/mol. The number of ether oxygens (including phenoxy) is 2. The average Bonchev–Trinajstić information content (AvgIpc) is 3.47. The summed E-state index contributed by atoms with van der Waals surface area (Å²) in [6.45, 7) is 1.71. The molecule has 2 N–H and O–H groups in total. The lowest BCUT2D eigenvalue weighted by Crippen LogP contribution is -2.32. The van der Waals surface area contributed by atoms with Crippen molar-refractivity contribution in [1.82, 2.24) is 4.98 Å². The number of nitrogens with zero attached hydrogens (tertiary/aromatic N) is 1. The molecule has 9 nitrogen and oxygen atoms in total. The van der Waals surface area contributed by atoms with Crippen LogP contribution in [0, 0.1) is 12.8 Å². The molecule has 1 fully saturated rings. The number of fused-ring (bicyclic) bond motifs is 2. The number of carbonyl (C=O) groups is 3. The van der Waals surface area contributed by atoms with Gasteiger partial charge in [0.15, 0.2) is 18.1 Å². The highest BCUT2D eigenvalue weighted by atomic mass is 35.5. The highest BCUT2D eigenvalue weighted by Crippen LogP contribution is 2.53. The van der Waals surface area contributed by atoms with Crippen LogP contribution in [-0.4, -0.2) is 41.7 Å². The van der Waals surface area contributed by atoms with E-state index in [-0.39, 0.29) is 29.2 Å². The second-order valence-electron chi connectivity index (χ2n) is 9.85. The van der Waals surface area contributed by atoms with E-state index in [1.54, 1.807) is 42.5 Å². The monoisotopic (exact) mass is 621 g/mol. The van der Waals surface area contributed by atoms with Crippen molar-refractivity contribution in [2.75, 3.05) is 23.9 Å². The van der Waals surface area contributed by atoms with Crippen molar-refractivity contribution in [3.8, 4) is 11.5 Å². The first kappa shape index (κ1) is 28.1. The molecule has 3 heterocycles. The summed E-state index contributed by atoms with van der Waals surface area (Å²) in [4.78, 5) is 56.8. The molecular formula is C30H24ClN3O6S2. The molecule has 6 rings (SSSR count). The van der Waals surface area contributed by atoms with Crippen molar-refractivity contribution in [1.29, 1.82) is 0 Å². The molecule has 3 aromatic carbocycles. The summed E-state index contributed by atoms with van der Waals surface area (Å²) >= 11 is 8.25. The number of hydrogen-bond donors (Lipinski definition) is 2. The molecule has 42 heavy (non-hydrogen) atoms. The maximum atomic E-state index is 13.9. The van der Waals surface area contributed by atoms with Gasteiger partial charge in [-0.05, 0) is 61.0 Å². The zero-order chi connectivity index (χ0) is 29.5. The summed E-state index contributed by atoms with van der Waals surface area (Å²) in [7, 11) is 1.48. The zero-order valence-corrected chi connectivity index (χ0v) is 24.8. The quantitative estimate of drug-likeness (QED) is 0.272. The molecule has 0 spiro atoms. The number of thiazole rings is 1. The Morgan fingerprint density at radius 1 is 1.00 bits per heavy atom. The number of nitrogens with one attached hydrogen (secondary N) is 2. The molecule has 0 saturated carbocycles. The van der Waals surface area contributed by atoms with Crippen molar-refractivity contribution in [3.05, 3.63) is 97.4 Å². The molecule has 1 saturated heterocycles. The number of carbonyl (C=O) groups excluding carboxylic acids is 3. The smallest absolute Gasteiger partial charge is 0.305 e. The minimum absolute atomic E-state index is 0.249. The van der Waals surface area contributed by atoms with Gasteiger partial charge in [0, 0.05) is 21.5 Å². The van der Waals surface area contributed by atoms with Gasteiger partial charge in [0.2, 0.25) is 11.8 Å². The summed E-state index contributed by atoms with van der Waals surface area (Å²) in [5.41, 5.74) is 2.85. The number of benzene rings is 3. The van der Waals surface area contributed by atoms with Gasteiger partial charge in [0.25, 0.3) is 5.91 Å². The molecule has 3 unspecified atom stereocenters. The minimum Gasteiger partial charge on any atom is -0.493 e. The standard InChI is InChI=1S/C30H24ClN3O6S2/c1-15-3-8-18(9-4-15)32-22(35)14-40-20-12-5-16(13-21(20)39-2)23-24-26(41-27-25(23)42-30(38)33-27)29(37)34(28(24)36)19-10-6-17(31)7-11-19/h3-13,23-24,26H,14H2,1-2H3,(H,32,35)(H,33,38). The number of halogens is 1. The SMILES string of the molecule is COc1cc(C2c3sc(=O)[nH]c3SC3C(=O)N(c4ccc(Cl)cc4)C(=O)C32)ccc1OCC(=O)Nc1ccc(C)cc1. The van der Waals surface area contributed by atoms with Gasteiger partial charge in [-0.25, -0.2) is 4.90 Å². The number of imide groups is 1. The molecule has 214 valence electrons. The topological polar surface area (TPSA) is 118 Å². The minimum atomic E-state index is -0.756. The van der Waals surface area contributed by atoms with E-state index in [0.717, 1.165) is 16.9 Å². The fourth-order valence-electron chi connectivity index (χ4n) is 5.19. The summed E-state index contributed by atoms with van der Waals surface area (Å²) in [6, 6.07) is 19.1. The Morgan fingerprint density at radius 3 is 2.45 bits per heavy atom. The van der Waals surface area contributed by atoms with Crippen molar-refractivity contribution >= 4 is 63.8 Å².